The van der Waals surface area contributed by atoms with Crippen molar-refractivity contribution in [2.75, 3.05) is 26.8 Å². The van der Waals surface area contributed by atoms with Gasteiger partial charge >= 0.3 is 0 Å². The van der Waals surface area contributed by atoms with Crippen LogP contribution in [0.2, 0.25) is 0 Å². The molecule has 0 saturated carbocycles. The molecule has 1 aromatic rings. The van der Waals surface area contributed by atoms with Crippen molar-refractivity contribution >= 4 is 18.3 Å². The zero-order chi connectivity index (χ0) is 11.8. The monoisotopic (exact) mass is 260 g/mol. The van der Waals surface area contributed by atoms with E-state index in [1.165, 1.54) is 0 Å². The quantitative estimate of drug-likeness (QED) is 0.784. The van der Waals surface area contributed by atoms with E-state index in [2.05, 4.69) is 5.32 Å². The largest absolute Gasteiger partial charge is 0.497 e. The summed E-state index contributed by atoms with van der Waals surface area (Å²) in [5.41, 5.74) is 5.25. The maximum atomic E-state index is 11.2. The Bertz CT molecular complexity index is 347. The van der Waals surface area contributed by atoms with Gasteiger partial charge in [0, 0.05) is 19.2 Å². The number of carbonyl (C=O) groups is 1. The lowest BCUT2D eigenvalue weighted by Crippen LogP contribution is -2.32. The summed E-state index contributed by atoms with van der Waals surface area (Å²) in [5, 5.41) is 2.61. The summed E-state index contributed by atoms with van der Waals surface area (Å²) >= 11 is 0. The Balaban J connectivity index is 0.00000256. The summed E-state index contributed by atoms with van der Waals surface area (Å²) in [6, 6.07) is 7.09. The molecule has 0 atom stereocenters. The summed E-state index contributed by atoms with van der Waals surface area (Å²) in [6.45, 7) is 0.859. The van der Waals surface area contributed by atoms with Crippen molar-refractivity contribution in [1.82, 2.24) is 5.32 Å². The number of nitrogens with two attached hydrogens (primary N) is 1. The molecule has 0 aliphatic heterocycles. The minimum atomic E-state index is -0.187. The van der Waals surface area contributed by atoms with Crippen LogP contribution in [0.4, 0.5) is 0 Å². The lowest BCUT2D eigenvalue weighted by molar-refractivity contribution is -0.123. The minimum absolute atomic E-state index is 0. The van der Waals surface area contributed by atoms with E-state index in [0.29, 0.717) is 24.6 Å². The summed E-state index contributed by atoms with van der Waals surface area (Å²) in [5.74, 6) is 1.11. The number of ether oxygens (including phenoxy) is 2. The fourth-order valence-electron chi connectivity index (χ4n) is 1.10. The molecule has 1 aromatic carbocycles. The van der Waals surface area contributed by atoms with Crippen molar-refractivity contribution in [2.24, 2.45) is 5.73 Å². The normalized spacial score (nSPS) is 9.06. The Morgan fingerprint density at radius 1 is 1.41 bits per heavy atom. The SMILES string of the molecule is COc1cccc(OCC(=O)NCCN)c1.Cl. The molecule has 0 fully saturated rings. The smallest absolute Gasteiger partial charge is 0.257 e. The van der Waals surface area contributed by atoms with Gasteiger partial charge in [-0.15, -0.1) is 12.4 Å². The van der Waals surface area contributed by atoms with E-state index in [1.54, 1.807) is 31.4 Å². The van der Waals surface area contributed by atoms with E-state index in [4.69, 9.17) is 15.2 Å². The van der Waals surface area contributed by atoms with E-state index in [-0.39, 0.29) is 24.9 Å². The number of hydrogen-bond donors (Lipinski definition) is 2. The first-order chi connectivity index (χ1) is 7.76. The van der Waals surface area contributed by atoms with Gasteiger partial charge in [0.15, 0.2) is 6.61 Å². The van der Waals surface area contributed by atoms with Crippen LogP contribution in [-0.2, 0) is 4.79 Å². The molecule has 3 N–H and O–H groups in total. The van der Waals surface area contributed by atoms with Crippen LogP contribution >= 0.6 is 12.4 Å². The Hall–Kier alpha value is -1.46. The molecule has 0 aliphatic carbocycles. The number of amides is 1. The molecular formula is C11H17ClN2O3. The molecule has 0 bridgehead atoms. The zero-order valence-electron chi connectivity index (χ0n) is 9.64. The Morgan fingerprint density at radius 2 is 2.12 bits per heavy atom. The lowest BCUT2D eigenvalue weighted by Gasteiger charge is -2.07. The van der Waals surface area contributed by atoms with Crippen molar-refractivity contribution in [1.29, 1.82) is 0 Å². The zero-order valence-corrected chi connectivity index (χ0v) is 10.5. The van der Waals surface area contributed by atoms with Gasteiger partial charge in [0.05, 0.1) is 7.11 Å². The summed E-state index contributed by atoms with van der Waals surface area (Å²) in [6.07, 6.45) is 0. The number of rotatable bonds is 6. The number of carbonyl (C=O) groups excluding carboxylic acids is 1. The Kier molecular flexibility index (Phi) is 7.92. The topological polar surface area (TPSA) is 73.6 Å². The molecule has 96 valence electrons. The summed E-state index contributed by atoms with van der Waals surface area (Å²) in [7, 11) is 1.58. The molecule has 1 amide bonds. The van der Waals surface area contributed by atoms with E-state index in [1.807, 2.05) is 0 Å². The third-order valence-corrected chi connectivity index (χ3v) is 1.88. The third-order valence-electron chi connectivity index (χ3n) is 1.88. The van der Waals surface area contributed by atoms with Gasteiger partial charge in [0.1, 0.15) is 11.5 Å². The van der Waals surface area contributed by atoms with Crippen molar-refractivity contribution in [3.63, 3.8) is 0 Å². The van der Waals surface area contributed by atoms with Crippen LogP contribution in [0.25, 0.3) is 0 Å². The predicted octanol–water partition coefficient (Wildman–Crippen LogP) is 0.571. The van der Waals surface area contributed by atoms with E-state index in [9.17, 15) is 4.79 Å². The van der Waals surface area contributed by atoms with Crippen molar-refractivity contribution in [3.05, 3.63) is 24.3 Å². The van der Waals surface area contributed by atoms with E-state index >= 15 is 0 Å². The van der Waals surface area contributed by atoms with Crippen LogP contribution in [0.15, 0.2) is 24.3 Å². The average molecular weight is 261 g/mol. The van der Waals surface area contributed by atoms with Gasteiger partial charge < -0.3 is 20.5 Å². The highest BCUT2D eigenvalue weighted by atomic mass is 35.5. The maximum Gasteiger partial charge on any atom is 0.257 e. The summed E-state index contributed by atoms with van der Waals surface area (Å²) in [4.78, 5) is 11.2. The highest BCUT2D eigenvalue weighted by molar-refractivity contribution is 5.85. The van der Waals surface area contributed by atoms with Crippen LogP contribution in [0, 0.1) is 0 Å². The number of nitrogens with one attached hydrogen (secondary N) is 1. The molecule has 0 aliphatic rings. The second-order valence-corrected chi connectivity index (χ2v) is 3.11. The minimum Gasteiger partial charge on any atom is -0.497 e. The Labute approximate surface area is 107 Å². The number of benzene rings is 1. The molecule has 5 nitrogen and oxygen atoms in total. The molecule has 6 heteroatoms. The second kappa shape index (κ2) is 8.66. The number of methoxy groups -OCH3 is 1. The molecule has 0 saturated heterocycles. The van der Waals surface area contributed by atoms with Gasteiger partial charge in [-0.25, -0.2) is 0 Å². The third kappa shape index (κ3) is 5.99. The molecule has 17 heavy (non-hydrogen) atoms. The van der Waals surface area contributed by atoms with Crippen molar-refractivity contribution < 1.29 is 14.3 Å². The standard InChI is InChI=1S/C11H16N2O3.ClH/c1-15-9-3-2-4-10(7-9)16-8-11(14)13-6-5-12;/h2-4,7H,5-6,8,12H2,1H3,(H,13,14);1H. The first-order valence-corrected chi connectivity index (χ1v) is 5.00. The van der Waals surface area contributed by atoms with Gasteiger partial charge in [0.2, 0.25) is 0 Å². The van der Waals surface area contributed by atoms with Crippen molar-refractivity contribution in [2.45, 2.75) is 0 Å². The second-order valence-electron chi connectivity index (χ2n) is 3.11. The van der Waals surface area contributed by atoms with Gasteiger partial charge in [-0.2, -0.15) is 0 Å². The first-order valence-electron chi connectivity index (χ1n) is 5.00. The van der Waals surface area contributed by atoms with Crippen molar-refractivity contribution in [3.8, 4) is 11.5 Å². The molecule has 0 heterocycles. The van der Waals surface area contributed by atoms with Crippen LogP contribution < -0.4 is 20.5 Å². The highest BCUT2D eigenvalue weighted by Crippen LogP contribution is 2.18. The molecular weight excluding hydrogens is 244 g/mol. The Morgan fingerprint density at radius 3 is 2.76 bits per heavy atom. The van der Waals surface area contributed by atoms with Gasteiger partial charge in [-0.1, -0.05) is 6.07 Å². The highest BCUT2D eigenvalue weighted by Gasteiger charge is 2.02. The van der Waals surface area contributed by atoms with Crippen LogP contribution in [0.3, 0.4) is 0 Å². The van der Waals surface area contributed by atoms with Crippen LogP contribution in [-0.4, -0.2) is 32.7 Å². The fourth-order valence-corrected chi connectivity index (χ4v) is 1.10. The molecule has 0 spiro atoms. The van der Waals surface area contributed by atoms with E-state index < -0.39 is 0 Å². The molecule has 0 radical (unpaired) electrons. The first kappa shape index (κ1) is 15.5. The average Bonchev–Trinajstić information content (AvgIpc) is 2.34. The molecule has 0 unspecified atom stereocenters. The van der Waals surface area contributed by atoms with Crippen LogP contribution in [0.5, 0.6) is 11.5 Å². The summed E-state index contributed by atoms with van der Waals surface area (Å²) < 4.78 is 10.3. The lowest BCUT2D eigenvalue weighted by atomic mass is 10.3. The van der Waals surface area contributed by atoms with Crippen LogP contribution in [0.1, 0.15) is 0 Å². The number of halogens is 1. The fraction of sp³-hybridized carbons (Fsp3) is 0.364. The van der Waals surface area contributed by atoms with Gasteiger partial charge in [0.25, 0.3) is 5.91 Å². The predicted molar refractivity (Wildman–Crippen MR) is 67.8 cm³/mol. The molecule has 0 aromatic heterocycles. The van der Waals surface area contributed by atoms with Gasteiger partial charge in [-0.05, 0) is 12.1 Å². The number of hydrogen-bond acceptors (Lipinski definition) is 4. The molecule has 1 rings (SSSR count). The van der Waals surface area contributed by atoms with Gasteiger partial charge in [-0.3, -0.25) is 4.79 Å². The van der Waals surface area contributed by atoms with E-state index in [0.717, 1.165) is 0 Å². The maximum absolute atomic E-state index is 11.2.